The monoisotopic (exact) mass is 439 g/mol. The maximum absolute atomic E-state index is 13.1. The number of hydrogen-bond donors (Lipinski definition) is 5. The predicted octanol–water partition coefficient (Wildman–Crippen LogP) is 2.25. The summed E-state index contributed by atoms with van der Waals surface area (Å²) in [6.07, 6.45) is 3.68. The number of nitrogens with zero attached hydrogens (tertiary/aromatic N) is 1. The Morgan fingerprint density at radius 1 is 0.969 bits per heavy atom. The average molecular weight is 440 g/mol. The van der Waals surface area contributed by atoms with E-state index in [-0.39, 0.29) is 24.2 Å². The molecule has 0 saturated carbocycles. The van der Waals surface area contributed by atoms with Crippen LogP contribution in [0.4, 0.5) is 0 Å². The Morgan fingerprint density at radius 3 is 2.28 bits per heavy atom. The third-order valence-electron chi connectivity index (χ3n) is 5.23. The molecule has 0 aliphatic heterocycles. The summed E-state index contributed by atoms with van der Waals surface area (Å²) in [7, 11) is 0. The molecule has 0 unspecified atom stereocenters. The highest BCUT2D eigenvalue weighted by molar-refractivity contribution is 5.86. The summed E-state index contributed by atoms with van der Waals surface area (Å²) in [6, 6.07) is 15.9. The highest BCUT2D eigenvalue weighted by Gasteiger charge is 2.27. The van der Waals surface area contributed by atoms with E-state index in [1.54, 1.807) is 24.3 Å². The van der Waals surface area contributed by atoms with E-state index in [0.29, 0.717) is 32.2 Å². The minimum absolute atomic E-state index is 0.130. The van der Waals surface area contributed by atoms with E-state index in [4.69, 9.17) is 16.9 Å². The summed E-state index contributed by atoms with van der Waals surface area (Å²) < 4.78 is 0. The highest BCUT2D eigenvalue weighted by atomic mass is 16.3. The summed E-state index contributed by atoms with van der Waals surface area (Å²) in [5.74, 6) is -0.705. The number of amides is 2. The van der Waals surface area contributed by atoms with Crippen molar-refractivity contribution in [3.05, 3.63) is 65.7 Å². The predicted molar refractivity (Wildman–Crippen MR) is 125 cm³/mol. The molecule has 32 heavy (non-hydrogen) atoms. The zero-order valence-corrected chi connectivity index (χ0v) is 18.3. The van der Waals surface area contributed by atoms with Crippen LogP contribution >= 0.6 is 0 Å². The number of phenols is 1. The Bertz CT molecular complexity index is 871. The Morgan fingerprint density at radius 2 is 1.66 bits per heavy atom. The van der Waals surface area contributed by atoms with Crippen molar-refractivity contribution in [2.45, 2.75) is 51.1 Å². The van der Waals surface area contributed by atoms with Gasteiger partial charge in [0.15, 0.2) is 5.96 Å². The minimum Gasteiger partial charge on any atom is -0.508 e. The van der Waals surface area contributed by atoms with Crippen LogP contribution in [0.1, 0.15) is 43.2 Å². The first-order valence-electron chi connectivity index (χ1n) is 10.9. The number of unbranched alkanes of at least 4 members (excludes halogenated alkanes) is 1. The topological polar surface area (TPSA) is 146 Å². The molecule has 0 heterocycles. The lowest BCUT2D eigenvalue weighted by Crippen LogP contribution is -2.47. The number of rotatable bonds is 13. The number of phenolic OH excluding ortho intramolecular Hbond substituents is 1. The Labute approximate surface area is 189 Å². The maximum Gasteiger partial charge on any atom is 0.240 e. The van der Waals surface area contributed by atoms with Crippen molar-refractivity contribution < 1.29 is 14.7 Å². The van der Waals surface area contributed by atoms with Gasteiger partial charge >= 0.3 is 0 Å². The van der Waals surface area contributed by atoms with Crippen LogP contribution in [-0.4, -0.2) is 40.4 Å². The Balaban J connectivity index is 2.03. The first-order valence-corrected chi connectivity index (χ1v) is 10.9. The molecule has 1 atom stereocenters. The van der Waals surface area contributed by atoms with Gasteiger partial charge in [0.05, 0.1) is 0 Å². The third-order valence-corrected chi connectivity index (χ3v) is 5.23. The minimum atomic E-state index is -0.765. The molecule has 8 heteroatoms. The fourth-order valence-electron chi connectivity index (χ4n) is 3.53. The van der Waals surface area contributed by atoms with Gasteiger partial charge in [0.25, 0.3) is 0 Å². The Hall–Kier alpha value is -3.55. The van der Waals surface area contributed by atoms with Gasteiger partial charge in [0.1, 0.15) is 11.8 Å². The molecule has 0 aliphatic rings. The lowest BCUT2D eigenvalue weighted by molar-refractivity contribution is -0.140. The number of carbonyl (C=O) groups excluding carboxylic acids is 2. The van der Waals surface area contributed by atoms with Crippen LogP contribution in [0.5, 0.6) is 5.75 Å². The van der Waals surface area contributed by atoms with Crippen LogP contribution in [0.2, 0.25) is 0 Å². The number of benzene rings is 2. The maximum atomic E-state index is 13.1. The smallest absolute Gasteiger partial charge is 0.240 e. The molecular formula is C24H33N5O3. The first kappa shape index (κ1) is 24.7. The Kier molecular flexibility index (Phi) is 10.0. The van der Waals surface area contributed by atoms with E-state index in [1.165, 1.54) is 10.5 Å². The molecule has 7 N–H and O–H groups in total. The summed E-state index contributed by atoms with van der Waals surface area (Å²) in [6.45, 7) is 0.642. The zero-order chi connectivity index (χ0) is 23.3. The molecule has 2 rings (SSSR count). The average Bonchev–Trinajstić information content (AvgIpc) is 2.77. The van der Waals surface area contributed by atoms with E-state index in [9.17, 15) is 14.7 Å². The van der Waals surface area contributed by atoms with Gasteiger partial charge in [-0.2, -0.15) is 0 Å². The van der Waals surface area contributed by atoms with Crippen molar-refractivity contribution in [1.29, 1.82) is 5.41 Å². The second-order valence-corrected chi connectivity index (χ2v) is 7.78. The second-order valence-electron chi connectivity index (χ2n) is 7.78. The number of guanidine groups is 1. The van der Waals surface area contributed by atoms with Gasteiger partial charge in [-0.05, 0) is 55.4 Å². The molecule has 172 valence electrons. The van der Waals surface area contributed by atoms with Gasteiger partial charge in [-0.3, -0.25) is 15.0 Å². The molecule has 0 radical (unpaired) electrons. The van der Waals surface area contributed by atoms with E-state index in [2.05, 4.69) is 17.4 Å². The van der Waals surface area contributed by atoms with Gasteiger partial charge in [-0.25, -0.2) is 0 Å². The van der Waals surface area contributed by atoms with Crippen LogP contribution in [-0.2, 0) is 22.6 Å². The summed E-state index contributed by atoms with van der Waals surface area (Å²) >= 11 is 0. The van der Waals surface area contributed by atoms with Gasteiger partial charge in [0, 0.05) is 19.5 Å². The molecule has 0 saturated heterocycles. The number of aryl methyl sites for hydroxylation is 1. The van der Waals surface area contributed by atoms with Crippen LogP contribution in [0.3, 0.4) is 0 Å². The number of nitrogens with one attached hydrogen (secondary N) is 2. The number of carbonyl (C=O) groups is 2. The van der Waals surface area contributed by atoms with Crippen molar-refractivity contribution in [2.24, 2.45) is 11.5 Å². The second kappa shape index (κ2) is 13.0. The molecule has 2 amide bonds. The quantitative estimate of drug-likeness (QED) is 0.185. The van der Waals surface area contributed by atoms with Crippen LogP contribution in [0, 0.1) is 5.41 Å². The summed E-state index contributed by atoms with van der Waals surface area (Å²) in [5.41, 5.74) is 13.0. The molecule has 0 aromatic heterocycles. The van der Waals surface area contributed by atoms with Crippen LogP contribution < -0.4 is 16.8 Å². The van der Waals surface area contributed by atoms with Gasteiger partial charge in [-0.15, -0.1) is 0 Å². The van der Waals surface area contributed by atoms with E-state index >= 15 is 0 Å². The van der Waals surface area contributed by atoms with Crippen molar-refractivity contribution in [3.8, 4) is 5.75 Å². The fourth-order valence-corrected chi connectivity index (χ4v) is 3.53. The van der Waals surface area contributed by atoms with Crippen molar-refractivity contribution in [1.82, 2.24) is 10.2 Å². The summed E-state index contributed by atoms with van der Waals surface area (Å²) in [5, 5.41) is 19.5. The largest absolute Gasteiger partial charge is 0.508 e. The van der Waals surface area contributed by atoms with E-state index in [0.717, 1.165) is 18.4 Å². The molecule has 0 fully saturated rings. The van der Waals surface area contributed by atoms with Gasteiger partial charge < -0.3 is 26.8 Å². The molecule has 0 spiro atoms. The zero-order valence-electron chi connectivity index (χ0n) is 18.3. The first-order chi connectivity index (χ1) is 15.4. The number of primary amides is 1. The van der Waals surface area contributed by atoms with Crippen molar-refractivity contribution in [2.75, 3.05) is 6.54 Å². The normalized spacial score (nSPS) is 11.5. The standard InChI is InChI=1S/C24H33N5O3/c25-23(32)21(10-6-16-28-24(26)27)29(17-19-12-14-20(30)15-13-19)22(31)11-5-4-9-18-7-2-1-3-8-18/h1-3,7-8,12-15,21,30H,4-6,9-11,16-17H2,(H2,25,32)(H4,26,27,28)/t21-/m1/s1. The summed E-state index contributed by atoms with van der Waals surface area (Å²) in [4.78, 5) is 26.9. The van der Waals surface area contributed by atoms with Crippen molar-refractivity contribution in [3.63, 3.8) is 0 Å². The number of hydrogen-bond acceptors (Lipinski definition) is 4. The van der Waals surface area contributed by atoms with E-state index in [1.807, 2.05) is 18.2 Å². The van der Waals surface area contributed by atoms with Gasteiger partial charge in [-0.1, -0.05) is 42.5 Å². The van der Waals surface area contributed by atoms with Crippen LogP contribution in [0.15, 0.2) is 54.6 Å². The SMILES string of the molecule is N=C(N)NCCC[C@H](C(N)=O)N(Cc1ccc(O)cc1)C(=O)CCCCc1ccccc1. The molecule has 0 bridgehead atoms. The van der Waals surface area contributed by atoms with Crippen molar-refractivity contribution >= 4 is 17.8 Å². The van der Waals surface area contributed by atoms with E-state index < -0.39 is 11.9 Å². The van der Waals surface area contributed by atoms with Gasteiger partial charge in [0.2, 0.25) is 11.8 Å². The fraction of sp³-hybridized carbons (Fsp3) is 0.375. The molecular weight excluding hydrogens is 406 g/mol. The highest BCUT2D eigenvalue weighted by Crippen LogP contribution is 2.18. The number of aromatic hydroxyl groups is 1. The lowest BCUT2D eigenvalue weighted by atomic mass is 10.0. The van der Waals surface area contributed by atoms with Crippen LogP contribution in [0.25, 0.3) is 0 Å². The molecule has 2 aromatic rings. The third kappa shape index (κ3) is 8.67. The molecule has 8 nitrogen and oxygen atoms in total. The lowest BCUT2D eigenvalue weighted by Gasteiger charge is -2.30. The molecule has 0 aliphatic carbocycles. The number of nitrogens with two attached hydrogens (primary N) is 2. The molecule has 2 aromatic carbocycles.